The van der Waals surface area contributed by atoms with Crippen LogP contribution < -0.4 is 5.32 Å². The molecule has 2 atom stereocenters. The van der Waals surface area contributed by atoms with E-state index in [1.165, 1.54) is 0 Å². The Morgan fingerprint density at radius 2 is 2.37 bits per heavy atom. The fourth-order valence-corrected chi connectivity index (χ4v) is 2.47. The summed E-state index contributed by atoms with van der Waals surface area (Å²) in [6.45, 7) is 4.01. The van der Waals surface area contributed by atoms with E-state index in [4.69, 9.17) is 11.6 Å². The SMILES string of the molecule is CC1CN(C)CCC1Nc1nc(Cl)ncc1[N+](=O)[O-]. The molecule has 0 saturated carbocycles. The largest absolute Gasteiger partial charge is 0.361 e. The highest BCUT2D eigenvalue weighted by atomic mass is 35.5. The molecule has 0 bridgehead atoms. The molecule has 0 radical (unpaired) electrons. The van der Waals surface area contributed by atoms with E-state index in [2.05, 4.69) is 34.2 Å². The first-order chi connectivity index (χ1) is 8.97. The molecule has 2 heterocycles. The monoisotopic (exact) mass is 285 g/mol. The molecule has 7 nitrogen and oxygen atoms in total. The molecule has 1 aromatic rings. The van der Waals surface area contributed by atoms with Crippen LogP contribution in [0.4, 0.5) is 11.5 Å². The van der Waals surface area contributed by atoms with Crippen LogP contribution in [0.1, 0.15) is 13.3 Å². The fourth-order valence-electron chi connectivity index (χ4n) is 2.34. The lowest BCUT2D eigenvalue weighted by atomic mass is 9.94. The molecular weight excluding hydrogens is 270 g/mol. The molecule has 19 heavy (non-hydrogen) atoms. The van der Waals surface area contributed by atoms with Crippen LogP contribution >= 0.6 is 11.6 Å². The number of piperidine rings is 1. The fraction of sp³-hybridized carbons (Fsp3) is 0.636. The van der Waals surface area contributed by atoms with Crippen molar-refractivity contribution in [2.45, 2.75) is 19.4 Å². The van der Waals surface area contributed by atoms with Gasteiger partial charge in [-0.15, -0.1) is 0 Å². The van der Waals surface area contributed by atoms with Gasteiger partial charge in [-0.25, -0.2) is 4.98 Å². The van der Waals surface area contributed by atoms with Crippen LogP contribution in [0.5, 0.6) is 0 Å². The summed E-state index contributed by atoms with van der Waals surface area (Å²) in [5.41, 5.74) is -0.143. The molecule has 2 unspecified atom stereocenters. The lowest BCUT2D eigenvalue weighted by molar-refractivity contribution is -0.384. The van der Waals surface area contributed by atoms with Crippen molar-refractivity contribution in [2.24, 2.45) is 5.92 Å². The van der Waals surface area contributed by atoms with Gasteiger partial charge in [-0.3, -0.25) is 10.1 Å². The Morgan fingerprint density at radius 1 is 1.63 bits per heavy atom. The molecule has 1 aliphatic heterocycles. The zero-order valence-electron chi connectivity index (χ0n) is 10.8. The third-order valence-electron chi connectivity index (χ3n) is 3.37. The van der Waals surface area contributed by atoms with Crippen molar-refractivity contribution in [1.29, 1.82) is 0 Å². The lowest BCUT2D eigenvalue weighted by Crippen LogP contribution is -2.43. The Morgan fingerprint density at radius 3 is 3.00 bits per heavy atom. The van der Waals surface area contributed by atoms with Crippen molar-refractivity contribution in [3.8, 4) is 0 Å². The van der Waals surface area contributed by atoms with Crippen molar-refractivity contribution in [3.05, 3.63) is 21.6 Å². The maximum atomic E-state index is 10.9. The summed E-state index contributed by atoms with van der Waals surface area (Å²) in [7, 11) is 2.07. The van der Waals surface area contributed by atoms with Crippen LogP contribution in [-0.2, 0) is 0 Å². The van der Waals surface area contributed by atoms with Gasteiger partial charge < -0.3 is 10.2 Å². The molecule has 0 amide bonds. The quantitative estimate of drug-likeness (QED) is 0.518. The van der Waals surface area contributed by atoms with Gasteiger partial charge in [-0.2, -0.15) is 4.98 Å². The summed E-state index contributed by atoms with van der Waals surface area (Å²) < 4.78 is 0. The number of hydrogen-bond acceptors (Lipinski definition) is 6. The summed E-state index contributed by atoms with van der Waals surface area (Å²) in [5, 5.41) is 14.1. The van der Waals surface area contributed by atoms with E-state index in [0.717, 1.165) is 25.7 Å². The Kier molecular flexibility index (Phi) is 4.16. The van der Waals surface area contributed by atoms with Crippen LogP contribution in [0.2, 0.25) is 5.28 Å². The van der Waals surface area contributed by atoms with Crippen molar-refractivity contribution >= 4 is 23.1 Å². The highest BCUT2D eigenvalue weighted by molar-refractivity contribution is 6.28. The number of nitrogens with zero attached hydrogens (tertiary/aromatic N) is 4. The van der Waals surface area contributed by atoms with Gasteiger partial charge in [0.25, 0.3) is 0 Å². The zero-order valence-corrected chi connectivity index (χ0v) is 11.6. The standard InChI is InChI=1S/C11H16ClN5O2/c1-7-6-16(2)4-3-8(7)14-10-9(17(18)19)5-13-11(12)15-10/h5,7-8H,3-4,6H2,1-2H3,(H,13,14,15). The molecule has 1 saturated heterocycles. The number of rotatable bonds is 3. The number of halogens is 1. The lowest BCUT2D eigenvalue weighted by Gasteiger charge is -2.35. The minimum absolute atomic E-state index is 0.00804. The maximum Gasteiger partial charge on any atom is 0.329 e. The highest BCUT2D eigenvalue weighted by Crippen LogP contribution is 2.26. The minimum Gasteiger partial charge on any atom is -0.361 e. The molecule has 0 aromatic carbocycles. The third kappa shape index (κ3) is 3.30. The van der Waals surface area contributed by atoms with E-state index in [1.54, 1.807) is 0 Å². The normalized spacial score (nSPS) is 24.2. The highest BCUT2D eigenvalue weighted by Gasteiger charge is 2.27. The summed E-state index contributed by atoms with van der Waals surface area (Å²) in [6.07, 6.45) is 2.05. The van der Waals surface area contributed by atoms with Crippen molar-refractivity contribution in [1.82, 2.24) is 14.9 Å². The molecule has 1 N–H and O–H groups in total. The van der Waals surface area contributed by atoms with Crippen molar-refractivity contribution < 1.29 is 4.92 Å². The zero-order chi connectivity index (χ0) is 14.0. The summed E-state index contributed by atoms with van der Waals surface area (Å²) in [6, 6.07) is 0.154. The second-order valence-corrected chi connectivity index (χ2v) is 5.25. The third-order valence-corrected chi connectivity index (χ3v) is 3.55. The number of hydrogen-bond donors (Lipinski definition) is 1. The number of anilines is 1. The van der Waals surface area contributed by atoms with Crippen LogP contribution in [0.25, 0.3) is 0 Å². The Balaban J connectivity index is 2.18. The molecule has 0 aliphatic carbocycles. The van der Waals surface area contributed by atoms with Gasteiger partial charge in [-0.05, 0) is 37.5 Å². The second kappa shape index (κ2) is 5.66. The Hall–Kier alpha value is -1.47. The van der Waals surface area contributed by atoms with Crippen LogP contribution in [0.15, 0.2) is 6.20 Å². The molecule has 1 fully saturated rings. The van der Waals surface area contributed by atoms with E-state index in [-0.39, 0.29) is 22.8 Å². The van der Waals surface area contributed by atoms with E-state index in [1.807, 2.05) is 0 Å². The van der Waals surface area contributed by atoms with Crippen molar-refractivity contribution in [2.75, 3.05) is 25.5 Å². The van der Waals surface area contributed by atoms with Gasteiger partial charge >= 0.3 is 5.69 Å². The van der Waals surface area contributed by atoms with E-state index in [0.29, 0.717) is 5.92 Å². The van der Waals surface area contributed by atoms with E-state index >= 15 is 0 Å². The average Bonchev–Trinajstić information content (AvgIpc) is 2.32. The predicted molar refractivity (Wildman–Crippen MR) is 72.4 cm³/mol. The van der Waals surface area contributed by atoms with Gasteiger partial charge in [0.2, 0.25) is 11.1 Å². The molecule has 104 valence electrons. The summed E-state index contributed by atoms with van der Waals surface area (Å²) in [5.74, 6) is 0.582. The van der Waals surface area contributed by atoms with E-state index < -0.39 is 4.92 Å². The van der Waals surface area contributed by atoms with Crippen LogP contribution in [-0.4, -0.2) is 46.0 Å². The van der Waals surface area contributed by atoms with Gasteiger partial charge in [0.05, 0.1) is 4.92 Å². The first-order valence-corrected chi connectivity index (χ1v) is 6.47. The number of nitrogens with one attached hydrogen (secondary N) is 1. The Labute approximate surface area is 116 Å². The first-order valence-electron chi connectivity index (χ1n) is 6.09. The van der Waals surface area contributed by atoms with Crippen molar-refractivity contribution in [3.63, 3.8) is 0 Å². The molecule has 1 aromatic heterocycles. The average molecular weight is 286 g/mol. The maximum absolute atomic E-state index is 10.9. The number of aromatic nitrogens is 2. The van der Waals surface area contributed by atoms with Gasteiger partial charge in [-0.1, -0.05) is 6.92 Å². The second-order valence-electron chi connectivity index (χ2n) is 4.91. The Bertz CT molecular complexity index is 484. The molecule has 0 spiro atoms. The first kappa shape index (κ1) is 14.0. The summed E-state index contributed by atoms with van der Waals surface area (Å²) in [4.78, 5) is 20.3. The smallest absolute Gasteiger partial charge is 0.329 e. The number of nitro groups is 1. The van der Waals surface area contributed by atoms with Gasteiger partial charge in [0, 0.05) is 12.6 Å². The topological polar surface area (TPSA) is 84.2 Å². The van der Waals surface area contributed by atoms with E-state index in [9.17, 15) is 10.1 Å². The van der Waals surface area contributed by atoms with Gasteiger partial charge in [0.1, 0.15) is 6.20 Å². The number of likely N-dealkylation sites (tertiary alicyclic amines) is 1. The molecule has 1 aliphatic rings. The molecular formula is C11H16ClN5O2. The minimum atomic E-state index is -0.502. The molecule has 2 rings (SSSR count). The van der Waals surface area contributed by atoms with Crippen LogP contribution in [0.3, 0.4) is 0 Å². The summed E-state index contributed by atoms with van der Waals surface area (Å²) >= 11 is 5.71. The van der Waals surface area contributed by atoms with Crippen LogP contribution in [0, 0.1) is 16.0 Å². The molecule has 8 heteroatoms. The predicted octanol–water partition coefficient (Wildman–Crippen LogP) is 1.79. The van der Waals surface area contributed by atoms with Gasteiger partial charge in [0.15, 0.2) is 0 Å².